The third kappa shape index (κ3) is 2.77. The van der Waals surface area contributed by atoms with E-state index in [1.165, 1.54) is 5.39 Å². The number of hydrogen-bond acceptors (Lipinski definition) is 3. The fourth-order valence-corrected chi connectivity index (χ4v) is 2.31. The van der Waals surface area contributed by atoms with Crippen molar-refractivity contribution in [2.24, 2.45) is 10.2 Å². The van der Waals surface area contributed by atoms with Crippen molar-refractivity contribution in [1.29, 1.82) is 0 Å². The molecule has 0 saturated heterocycles. The van der Waals surface area contributed by atoms with Gasteiger partial charge in [0.05, 0.1) is 11.4 Å². The van der Waals surface area contributed by atoms with Gasteiger partial charge in [-0.25, -0.2) is 0 Å². The van der Waals surface area contributed by atoms with Crippen LogP contribution in [-0.2, 0) is 0 Å². The van der Waals surface area contributed by atoms with E-state index in [0.29, 0.717) is 0 Å². The van der Waals surface area contributed by atoms with E-state index in [2.05, 4.69) is 39.4 Å². The third-order valence-corrected chi connectivity index (χ3v) is 3.38. The van der Waals surface area contributed by atoms with E-state index in [4.69, 9.17) is 0 Å². The molecule has 3 aromatic carbocycles. The minimum Gasteiger partial charge on any atom is -0.376 e. The summed E-state index contributed by atoms with van der Waals surface area (Å²) in [6.45, 7) is 0. The predicted molar refractivity (Wildman–Crippen MR) is 88.9 cm³/mol. The summed E-state index contributed by atoms with van der Waals surface area (Å²) in [6, 6.07) is 22.2. The van der Waals surface area contributed by atoms with Crippen LogP contribution in [0, 0.1) is 0 Å². The Morgan fingerprint density at radius 2 is 1.43 bits per heavy atom. The summed E-state index contributed by atoms with van der Waals surface area (Å²) < 4.78 is 0. The van der Waals surface area contributed by atoms with E-state index in [1.807, 2.05) is 56.6 Å². The topological polar surface area (TPSA) is 28.0 Å². The molecule has 0 N–H and O–H groups in total. The highest BCUT2D eigenvalue weighted by molar-refractivity contribution is 5.98. The SMILES string of the molecule is CN(C)c1ccc2ccccc2c1N=Nc1ccccc1. The summed E-state index contributed by atoms with van der Waals surface area (Å²) in [4.78, 5) is 2.06. The molecule has 0 aliphatic rings. The van der Waals surface area contributed by atoms with Crippen molar-refractivity contribution in [2.45, 2.75) is 0 Å². The van der Waals surface area contributed by atoms with Crippen LogP contribution in [0.4, 0.5) is 17.1 Å². The minimum absolute atomic E-state index is 0.857. The number of anilines is 1. The van der Waals surface area contributed by atoms with Gasteiger partial charge < -0.3 is 4.90 Å². The molecule has 0 aliphatic carbocycles. The van der Waals surface area contributed by atoms with Gasteiger partial charge in [-0.3, -0.25) is 0 Å². The molecule has 104 valence electrons. The molecule has 0 unspecified atom stereocenters. The number of rotatable bonds is 3. The lowest BCUT2D eigenvalue weighted by atomic mass is 10.1. The maximum absolute atomic E-state index is 4.51. The van der Waals surface area contributed by atoms with E-state index in [0.717, 1.165) is 22.4 Å². The zero-order valence-corrected chi connectivity index (χ0v) is 12.2. The zero-order chi connectivity index (χ0) is 14.7. The molecule has 21 heavy (non-hydrogen) atoms. The third-order valence-electron chi connectivity index (χ3n) is 3.38. The van der Waals surface area contributed by atoms with Crippen molar-refractivity contribution in [3.8, 4) is 0 Å². The summed E-state index contributed by atoms with van der Waals surface area (Å²) >= 11 is 0. The van der Waals surface area contributed by atoms with Crippen LogP contribution in [0.1, 0.15) is 0 Å². The summed E-state index contributed by atoms with van der Waals surface area (Å²) in [5, 5.41) is 11.2. The monoisotopic (exact) mass is 275 g/mol. The molecule has 0 saturated carbocycles. The Morgan fingerprint density at radius 3 is 2.19 bits per heavy atom. The first-order chi connectivity index (χ1) is 10.3. The molecule has 3 rings (SSSR count). The molecule has 0 fully saturated rings. The average Bonchev–Trinajstić information content (AvgIpc) is 2.53. The van der Waals surface area contributed by atoms with Gasteiger partial charge in [-0.15, -0.1) is 5.11 Å². The van der Waals surface area contributed by atoms with Crippen molar-refractivity contribution in [2.75, 3.05) is 19.0 Å². The molecule has 0 heterocycles. The Hall–Kier alpha value is -2.68. The zero-order valence-electron chi connectivity index (χ0n) is 12.2. The fourth-order valence-electron chi connectivity index (χ4n) is 2.31. The predicted octanol–water partition coefficient (Wildman–Crippen LogP) is 5.32. The van der Waals surface area contributed by atoms with Gasteiger partial charge in [0.2, 0.25) is 0 Å². The largest absolute Gasteiger partial charge is 0.376 e. The number of hydrogen-bond donors (Lipinski definition) is 0. The summed E-state index contributed by atoms with van der Waals surface area (Å²) in [7, 11) is 4.04. The molecule has 0 aliphatic heterocycles. The lowest BCUT2D eigenvalue weighted by molar-refractivity contribution is 1.12. The molecule has 0 aromatic heterocycles. The minimum atomic E-state index is 0.857. The molecule has 0 atom stereocenters. The quantitative estimate of drug-likeness (QED) is 0.594. The van der Waals surface area contributed by atoms with E-state index in [9.17, 15) is 0 Å². The molecule has 3 heteroatoms. The Bertz CT molecular complexity index is 777. The molecule has 3 nitrogen and oxygen atoms in total. The number of benzene rings is 3. The summed E-state index contributed by atoms with van der Waals surface area (Å²) in [5.41, 5.74) is 2.82. The molecular weight excluding hydrogens is 258 g/mol. The Balaban J connectivity index is 2.15. The van der Waals surface area contributed by atoms with E-state index < -0.39 is 0 Å². The van der Waals surface area contributed by atoms with Crippen molar-refractivity contribution >= 4 is 27.8 Å². The van der Waals surface area contributed by atoms with Gasteiger partial charge in [0, 0.05) is 19.5 Å². The van der Waals surface area contributed by atoms with Gasteiger partial charge in [0.25, 0.3) is 0 Å². The molecule has 0 spiro atoms. The normalized spacial score (nSPS) is 11.1. The van der Waals surface area contributed by atoms with Gasteiger partial charge in [0.15, 0.2) is 0 Å². The van der Waals surface area contributed by atoms with E-state index in [1.54, 1.807) is 0 Å². The van der Waals surface area contributed by atoms with Crippen LogP contribution in [0.3, 0.4) is 0 Å². The van der Waals surface area contributed by atoms with E-state index >= 15 is 0 Å². The second-order valence-corrected chi connectivity index (χ2v) is 5.08. The Labute approximate surface area is 124 Å². The highest BCUT2D eigenvalue weighted by atomic mass is 15.1. The van der Waals surface area contributed by atoms with Gasteiger partial charge >= 0.3 is 0 Å². The van der Waals surface area contributed by atoms with Gasteiger partial charge in [-0.05, 0) is 23.6 Å². The molecule has 0 amide bonds. The number of nitrogens with zero attached hydrogens (tertiary/aromatic N) is 3. The summed E-state index contributed by atoms with van der Waals surface area (Å²) in [6.07, 6.45) is 0. The van der Waals surface area contributed by atoms with Crippen LogP contribution in [0.25, 0.3) is 10.8 Å². The van der Waals surface area contributed by atoms with Crippen LogP contribution in [0.2, 0.25) is 0 Å². The smallest absolute Gasteiger partial charge is 0.117 e. The van der Waals surface area contributed by atoms with Gasteiger partial charge in [-0.1, -0.05) is 48.5 Å². The molecule has 0 radical (unpaired) electrons. The first-order valence-corrected chi connectivity index (χ1v) is 6.91. The Kier molecular flexibility index (Phi) is 3.65. The molecule has 0 bridgehead atoms. The van der Waals surface area contributed by atoms with Gasteiger partial charge in [0.1, 0.15) is 5.69 Å². The van der Waals surface area contributed by atoms with Crippen LogP contribution >= 0.6 is 0 Å². The van der Waals surface area contributed by atoms with Crippen LogP contribution in [0.15, 0.2) is 77.0 Å². The fraction of sp³-hybridized carbons (Fsp3) is 0.111. The second kappa shape index (κ2) is 5.75. The highest BCUT2D eigenvalue weighted by Crippen LogP contribution is 2.36. The lowest BCUT2D eigenvalue weighted by Gasteiger charge is -2.16. The first kappa shape index (κ1) is 13.3. The van der Waals surface area contributed by atoms with Crippen molar-refractivity contribution in [3.63, 3.8) is 0 Å². The van der Waals surface area contributed by atoms with Crippen LogP contribution < -0.4 is 4.90 Å². The summed E-state index contributed by atoms with van der Waals surface area (Å²) in [5.74, 6) is 0. The Morgan fingerprint density at radius 1 is 0.714 bits per heavy atom. The van der Waals surface area contributed by atoms with E-state index in [-0.39, 0.29) is 0 Å². The maximum Gasteiger partial charge on any atom is 0.117 e. The molecule has 3 aromatic rings. The highest BCUT2D eigenvalue weighted by Gasteiger charge is 2.08. The first-order valence-electron chi connectivity index (χ1n) is 6.91. The molecular formula is C18H17N3. The van der Waals surface area contributed by atoms with Crippen molar-refractivity contribution in [3.05, 3.63) is 66.7 Å². The van der Waals surface area contributed by atoms with Crippen LogP contribution in [-0.4, -0.2) is 14.1 Å². The van der Waals surface area contributed by atoms with Gasteiger partial charge in [-0.2, -0.15) is 5.11 Å². The number of azo groups is 1. The maximum atomic E-state index is 4.51. The lowest BCUT2D eigenvalue weighted by Crippen LogP contribution is -2.08. The number of fused-ring (bicyclic) bond motifs is 1. The second-order valence-electron chi connectivity index (χ2n) is 5.08. The average molecular weight is 275 g/mol. The van der Waals surface area contributed by atoms with Crippen molar-refractivity contribution in [1.82, 2.24) is 0 Å². The standard InChI is InChI=1S/C18H17N3/c1-21(2)17-13-12-14-8-6-7-11-16(14)18(17)20-19-15-9-4-3-5-10-15/h3-13H,1-2H3. The van der Waals surface area contributed by atoms with Crippen LogP contribution in [0.5, 0.6) is 0 Å². The van der Waals surface area contributed by atoms with Crippen molar-refractivity contribution < 1.29 is 0 Å².